The van der Waals surface area contributed by atoms with Gasteiger partial charge < -0.3 is 20.5 Å². The number of anilines is 1. The number of hydrogen-bond acceptors (Lipinski definition) is 3. The van der Waals surface area contributed by atoms with Gasteiger partial charge in [0, 0.05) is 48.3 Å². The molecule has 28 heavy (non-hydrogen) atoms. The van der Waals surface area contributed by atoms with Crippen molar-refractivity contribution in [1.29, 1.82) is 0 Å². The third-order valence-corrected chi connectivity index (χ3v) is 5.64. The van der Waals surface area contributed by atoms with Crippen LogP contribution < -0.4 is 11.1 Å². The van der Waals surface area contributed by atoms with Crippen LogP contribution >= 0.6 is 12.4 Å². The zero-order valence-corrected chi connectivity index (χ0v) is 17.5. The maximum absolute atomic E-state index is 12.4. The quantitative estimate of drug-likeness (QED) is 0.739. The molecule has 154 valence electrons. The first-order valence-electron chi connectivity index (χ1n) is 9.94. The summed E-state index contributed by atoms with van der Waals surface area (Å²) >= 11 is 0. The predicted molar refractivity (Wildman–Crippen MR) is 116 cm³/mol. The van der Waals surface area contributed by atoms with Gasteiger partial charge in [0.1, 0.15) is 6.54 Å². The van der Waals surface area contributed by atoms with Crippen molar-refractivity contribution in [3.8, 4) is 0 Å². The highest BCUT2D eigenvalue weighted by atomic mass is 35.5. The van der Waals surface area contributed by atoms with E-state index in [1.165, 1.54) is 0 Å². The molecule has 3 N–H and O–H groups in total. The molecule has 6 nitrogen and oxygen atoms in total. The van der Waals surface area contributed by atoms with Crippen molar-refractivity contribution in [2.75, 3.05) is 18.4 Å². The third kappa shape index (κ3) is 5.06. The lowest BCUT2D eigenvalue weighted by molar-refractivity contribution is -0.131. The second-order valence-corrected chi connectivity index (χ2v) is 7.39. The second-order valence-electron chi connectivity index (χ2n) is 7.39. The zero-order valence-electron chi connectivity index (χ0n) is 16.7. The minimum Gasteiger partial charge on any atom is -0.342 e. The van der Waals surface area contributed by atoms with Crippen LogP contribution in [-0.4, -0.2) is 40.4 Å². The number of nitrogens with zero attached hydrogens (tertiary/aromatic N) is 2. The van der Waals surface area contributed by atoms with E-state index in [2.05, 4.69) is 5.32 Å². The van der Waals surface area contributed by atoms with Gasteiger partial charge >= 0.3 is 0 Å². The molecule has 1 aromatic heterocycles. The molecule has 1 aliphatic carbocycles. The van der Waals surface area contributed by atoms with Crippen LogP contribution in [0.3, 0.4) is 0 Å². The summed E-state index contributed by atoms with van der Waals surface area (Å²) in [5, 5.41) is 4.00. The van der Waals surface area contributed by atoms with Crippen LogP contribution in [0.1, 0.15) is 39.5 Å². The average Bonchev–Trinajstić information content (AvgIpc) is 3.22. The van der Waals surface area contributed by atoms with Gasteiger partial charge in [-0.25, -0.2) is 0 Å². The lowest BCUT2D eigenvalue weighted by Crippen LogP contribution is -2.33. The summed E-state index contributed by atoms with van der Waals surface area (Å²) in [6.45, 7) is 5.74. The Kier molecular flexibility index (Phi) is 7.89. The third-order valence-electron chi connectivity index (χ3n) is 5.64. The maximum atomic E-state index is 12.4. The Bertz CT molecular complexity index is 816. The largest absolute Gasteiger partial charge is 0.342 e. The van der Waals surface area contributed by atoms with E-state index >= 15 is 0 Å². The molecule has 7 heteroatoms. The number of likely N-dealkylation sites (N-methyl/N-ethyl adjacent to an activating group) is 1. The first kappa shape index (κ1) is 22.2. The summed E-state index contributed by atoms with van der Waals surface area (Å²) in [5.41, 5.74) is 7.84. The molecule has 2 amide bonds. The van der Waals surface area contributed by atoms with Gasteiger partial charge in [-0.15, -0.1) is 12.4 Å². The van der Waals surface area contributed by atoms with Crippen molar-refractivity contribution in [3.63, 3.8) is 0 Å². The van der Waals surface area contributed by atoms with E-state index in [4.69, 9.17) is 5.73 Å². The molecule has 0 radical (unpaired) electrons. The summed E-state index contributed by atoms with van der Waals surface area (Å²) in [5.74, 6) is 0.427. The predicted octanol–water partition coefficient (Wildman–Crippen LogP) is 3.39. The van der Waals surface area contributed by atoms with E-state index in [-0.39, 0.29) is 30.3 Å². The highest BCUT2D eigenvalue weighted by Gasteiger charge is 2.26. The van der Waals surface area contributed by atoms with Gasteiger partial charge in [0.2, 0.25) is 11.8 Å². The smallest absolute Gasteiger partial charge is 0.242 e. The van der Waals surface area contributed by atoms with Crippen LogP contribution in [0.15, 0.2) is 30.5 Å². The lowest BCUT2D eigenvalue weighted by atomic mass is 10.00. The number of rotatable bonds is 7. The minimum atomic E-state index is 0. The number of carbonyl (C=O) groups excluding carboxylic acids is 2. The Balaban J connectivity index is 0.00000280. The second kappa shape index (κ2) is 9.94. The standard InChI is InChI=1S/C21H30N4O2.ClH/c1-3-24(4-2)21(27)14-25-11-10-16-12-17(8-9-19(16)25)23-20(26)13-15-6-5-7-18(15)22;/h8-12,15,18H,3-7,13-14,22H2,1-2H3,(H,23,26);1H/t15-,18+;/m0./s1. The Hall–Kier alpha value is -2.05. The van der Waals surface area contributed by atoms with Crippen LogP contribution in [0.5, 0.6) is 0 Å². The monoisotopic (exact) mass is 406 g/mol. The topological polar surface area (TPSA) is 80.4 Å². The molecular weight excluding hydrogens is 376 g/mol. The number of fused-ring (bicyclic) bond motifs is 1. The van der Waals surface area contributed by atoms with E-state index in [9.17, 15) is 9.59 Å². The fraction of sp³-hybridized carbons (Fsp3) is 0.524. The van der Waals surface area contributed by atoms with Gasteiger partial charge in [-0.1, -0.05) is 6.42 Å². The van der Waals surface area contributed by atoms with E-state index in [1.807, 2.05) is 53.8 Å². The van der Waals surface area contributed by atoms with Crippen molar-refractivity contribution in [2.24, 2.45) is 11.7 Å². The van der Waals surface area contributed by atoms with Gasteiger partial charge in [-0.2, -0.15) is 0 Å². The summed E-state index contributed by atoms with van der Waals surface area (Å²) in [4.78, 5) is 26.5. The van der Waals surface area contributed by atoms with Gasteiger partial charge in [0.25, 0.3) is 0 Å². The first-order valence-corrected chi connectivity index (χ1v) is 9.94. The van der Waals surface area contributed by atoms with E-state index in [0.717, 1.165) is 48.9 Å². The van der Waals surface area contributed by atoms with Crippen LogP contribution in [0, 0.1) is 5.92 Å². The SMILES string of the molecule is CCN(CC)C(=O)Cn1ccc2cc(NC(=O)C[C@@H]3CCC[C@H]3N)ccc21.Cl. The fourth-order valence-electron chi connectivity index (χ4n) is 4.01. The first-order chi connectivity index (χ1) is 13.0. The van der Waals surface area contributed by atoms with Crippen LogP contribution in [-0.2, 0) is 16.1 Å². The molecule has 3 rings (SSSR count). The Labute approximate surface area is 172 Å². The summed E-state index contributed by atoms with van der Waals surface area (Å²) < 4.78 is 1.96. The molecule has 1 aromatic carbocycles. The number of halogens is 1. The highest BCUT2D eigenvalue weighted by molar-refractivity contribution is 5.94. The summed E-state index contributed by atoms with van der Waals surface area (Å²) in [6.07, 6.45) is 5.58. The number of hydrogen-bond donors (Lipinski definition) is 2. The number of nitrogens with two attached hydrogens (primary N) is 1. The Morgan fingerprint density at radius 1 is 1.21 bits per heavy atom. The summed E-state index contributed by atoms with van der Waals surface area (Å²) in [6, 6.07) is 7.94. The molecule has 0 saturated heterocycles. The van der Waals surface area contributed by atoms with Crippen LogP contribution in [0.4, 0.5) is 5.69 Å². The van der Waals surface area contributed by atoms with Crippen LogP contribution in [0.2, 0.25) is 0 Å². The van der Waals surface area contributed by atoms with Crippen molar-refractivity contribution < 1.29 is 9.59 Å². The molecule has 1 fully saturated rings. The number of benzene rings is 1. The van der Waals surface area contributed by atoms with E-state index in [0.29, 0.717) is 18.9 Å². The Morgan fingerprint density at radius 3 is 2.61 bits per heavy atom. The number of amides is 2. The molecule has 1 heterocycles. The zero-order chi connectivity index (χ0) is 19.4. The molecule has 0 spiro atoms. The van der Waals surface area contributed by atoms with Crippen molar-refractivity contribution in [1.82, 2.24) is 9.47 Å². The molecular formula is C21H31ClN4O2. The van der Waals surface area contributed by atoms with Gasteiger partial charge in [0.15, 0.2) is 0 Å². The molecule has 1 aliphatic rings. The van der Waals surface area contributed by atoms with Gasteiger partial charge in [0.05, 0.1) is 0 Å². The maximum Gasteiger partial charge on any atom is 0.242 e. The number of carbonyl (C=O) groups is 2. The lowest BCUT2D eigenvalue weighted by Gasteiger charge is -2.19. The van der Waals surface area contributed by atoms with Gasteiger partial charge in [-0.3, -0.25) is 9.59 Å². The van der Waals surface area contributed by atoms with Crippen molar-refractivity contribution in [2.45, 2.75) is 52.1 Å². The van der Waals surface area contributed by atoms with E-state index in [1.54, 1.807) is 0 Å². The molecule has 0 unspecified atom stereocenters. The molecule has 2 atom stereocenters. The molecule has 0 bridgehead atoms. The minimum absolute atomic E-state index is 0. The normalized spacial score (nSPS) is 18.7. The molecule has 2 aromatic rings. The Morgan fingerprint density at radius 2 is 1.96 bits per heavy atom. The number of nitrogens with one attached hydrogen (secondary N) is 1. The average molecular weight is 407 g/mol. The van der Waals surface area contributed by atoms with Crippen LogP contribution in [0.25, 0.3) is 10.9 Å². The molecule has 1 saturated carbocycles. The summed E-state index contributed by atoms with van der Waals surface area (Å²) in [7, 11) is 0. The van der Waals surface area contributed by atoms with E-state index < -0.39 is 0 Å². The van der Waals surface area contributed by atoms with Crippen molar-refractivity contribution >= 4 is 40.8 Å². The van der Waals surface area contributed by atoms with Gasteiger partial charge in [-0.05, 0) is 56.9 Å². The fourth-order valence-corrected chi connectivity index (χ4v) is 4.01. The highest BCUT2D eigenvalue weighted by Crippen LogP contribution is 2.27. The van der Waals surface area contributed by atoms with Crippen molar-refractivity contribution in [3.05, 3.63) is 30.5 Å². The molecule has 0 aliphatic heterocycles. The number of aromatic nitrogens is 1.